The summed E-state index contributed by atoms with van der Waals surface area (Å²) in [7, 11) is 0. The first-order valence-corrected chi connectivity index (χ1v) is 6.93. The van der Waals surface area contributed by atoms with Crippen molar-refractivity contribution in [2.24, 2.45) is 0 Å². The van der Waals surface area contributed by atoms with E-state index in [1.54, 1.807) is 12.1 Å². The Hall–Kier alpha value is -2.94. The summed E-state index contributed by atoms with van der Waals surface area (Å²) >= 11 is 0. The predicted octanol–water partition coefficient (Wildman–Crippen LogP) is 4.67. The highest BCUT2D eigenvalue weighted by Crippen LogP contribution is 2.23. The average Bonchev–Trinajstić information content (AvgIpc) is 2.88. The predicted molar refractivity (Wildman–Crippen MR) is 88.1 cm³/mol. The van der Waals surface area contributed by atoms with E-state index >= 15 is 0 Å². The molecule has 2 aliphatic carbocycles. The summed E-state index contributed by atoms with van der Waals surface area (Å²) in [6.07, 6.45) is 4.26. The van der Waals surface area contributed by atoms with E-state index in [1.807, 2.05) is 36.4 Å². The Morgan fingerprint density at radius 1 is 0.864 bits per heavy atom. The van der Waals surface area contributed by atoms with Gasteiger partial charge in [-0.3, -0.25) is 4.79 Å². The van der Waals surface area contributed by atoms with Crippen LogP contribution in [0.4, 0.5) is 10.1 Å². The van der Waals surface area contributed by atoms with Gasteiger partial charge in [-0.2, -0.15) is 0 Å². The van der Waals surface area contributed by atoms with Gasteiger partial charge in [-0.25, -0.2) is 4.39 Å². The molecule has 2 nitrogen and oxygen atoms in total. The second kappa shape index (κ2) is 6.22. The van der Waals surface area contributed by atoms with Crippen LogP contribution in [-0.4, -0.2) is 6.41 Å². The maximum absolute atomic E-state index is 13.4. The largest absolute Gasteiger partial charge is 0.328 e. The van der Waals surface area contributed by atoms with Crippen LogP contribution in [0, 0.1) is 5.82 Å². The third-order valence-electron chi connectivity index (χ3n) is 3.48. The molecule has 0 unspecified atom stereocenters. The fraction of sp³-hybridized carbons (Fsp3) is 0. The van der Waals surface area contributed by atoms with Gasteiger partial charge in [0.2, 0.25) is 6.41 Å². The Bertz CT molecular complexity index is 779. The highest BCUT2D eigenvalue weighted by Gasteiger charge is 2.01. The number of anilines is 1. The summed E-state index contributed by atoms with van der Waals surface area (Å²) in [4.78, 5) is 10.6. The topological polar surface area (TPSA) is 29.1 Å². The first kappa shape index (κ1) is 14.0. The Labute approximate surface area is 128 Å². The van der Waals surface area contributed by atoms with Crippen molar-refractivity contribution in [3.05, 3.63) is 77.6 Å². The van der Waals surface area contributed by atoms with Crippen molar-refractivity contribution in [1.29, 1.82) is 0 Å². The number of fused-ring (bicyclic) bond motifs is 1. The molecule has 0 aromatic heterocycles. The fourth-order valence-corrected chi connectivity index (χ4v) is 2.34. The molecule has 2 aliphatic rings. The van der Waals surface area contributed by atoms with Crippen LogP contribution in [0.2, 0.25) is 0 Å². The summed E-state index contributed by atoms with van der Waals surface area (Å²) < 4.78 is 13.4. The van der Waals surface area contributed by atoms with Gasteiger partial charge >= 0.3 is 0 Å². The number of carbonyl (C=O) groups excluding carboxylic acids is 1. The standard InChI is InChI=1S/C19H14FNO/c20-18-10-11-19(21-13-22)17(12-18)9-6-14-4-7-15-2-1-3-16(15)8-5-14/h1-13H,(H,21,22)/b9-6-. The van der Waals surface area contributed by atoms with E-state index < -0.39 is 0 Å². The molecule has 1 amide bonds. The van der Waals surface area contributed by atoms with Crippen molar-refractivity contribution in [2.75, 3.05) is 5.32 Å². The fourth-order valence-electron chi connectivity index (χ4n) is 2.34. The van der Waals surface area contributed by atoms with Gasteiger partial charge < -0.3 is 5.32 Å². The third kappa shape index (κ3) is 3.04. The Morgan fingerprint density at radius 3 is 2.27 bits per heavy atom. The van der Waals surface area contributed by atoms with E-state index in [0.717, 1.165) is 5.56 Å². The summed E-state index contributed by atoms with van der Waals surface area (Å²) in [6.45, 7) is 0. The van der Waals surface area contributed by atoms with Crippen molar-refractivity contribution < 1.29 is 9.18 Å². The summed E-state index contributed by atoms with van der Waals surface area (Å²) in [5, 5.41) is 2.57. The second-order valence-electron chi connectivity index (χ2n) is 4.93. The molecule has 0 heterocycles. The molecule has 0 atom stereocenters. The van der Waals surface area contributed by atoms with E-state index in [1.165, 1.54) is 23.3 Å². The Balaban J connectivity index is 1.94. The number of nitrogens with one attached hydrogen (secondary N) is 1. The van der Waals surface area contributed by atoms with Crippen molar-refractivity contribution in [2.45, 2.75) is 0 Å². The van der Waals surface area contributed by atoms with Gasteiger partial charge in [-0.05, 0) is 34.9 Å². The van der Waals surface area contributed by atoms with Crippen LogP contribution < -0.4 is 5.32 Å². The van der Waals surface area contributed by atoms with Gasteiger partial charge in [0.25, 0.3) is 0 Å². The van der Waals surface area contributed by atoms with Crippen molar-refractivity contribution in [3.8, 4) is 11.1 Å². The smallest absolute Gasteiger partial charge is 0.211 e. The molecular weight excluding hydrogens is 277 g/mol. The monoisotopic (exact) mass is 291 g/mol. The highest BCUT2D eigenvalue weighted by molar-refractivity contribution is 5.82. The van der Waals surface area contributed by atoms with Crippen LogP contribution in [0.1, 0.15) is 11.1 Å². The van der Waals surface area contributed by atoms with Gasteiger partial charge in [0.1, 0.15) is 5.82 Å². The molecule has 0 saturated carbocycles. The molecule has 1 aromatic carbocycles. The van der Waals surface area contributed by atoms with E-state index in [-0.39, 0.29) is 5.82 Å². The second-order valence-corrected chi connectivity index (χ2v) is 4.93. The summed E-state index contributed by atoms with van der Waals surface area (Å²) in [5.41, 5.74) is 4.55. The van der Waals surface area contributed by atoms with Gasteiger partial charge in [0.05, 0.1) is 0 Å². The maximum atomic E-state index is 13.4. The van der Waals surface area contributed by atoms with Crippen LogP contribution in [0.3, 0.4) is 0 Å². The van der Waals surface area contributed by atoms with Gasteiger partial charge in [-0.15, -0.1) is 0 Å². The van der Waals surface area contributed by atoms with Crippen LogP contribution in [0.5, 0.6) is 0 Å². The van der Waals surface area contributed by atoms with Crippen LogP contribution in [-0.2, 0) is 4.79 Å². The SMILES string of the molecule is O=CNc1ccc(F)cc1/C=C\c1ccc2cccc-2cc1. The van der Waals surface area contributed by atoms with Gasteiger partial charge in [0, 0.05) is 11.3 Å². The lowest BCUT2D eigenvalue weighted by atomic mass is 10.1. The molecule has 108 valence electrons. The minimum Gasteiger partial charge on any atom is -0.328 e. The van der Waals surface area contributed by atoms with Crippen LogP contribution in [0.25, 0.3) is 23.3 Å². The van der Waals surface area contributed by atoms with E-state index in [2.05, 4.69) is 17.4 Å². The molecule has 3 heteroatoms. The van der Waals surface area contributed by atoms with Gasteiger partial charge in [-0.1, -0.05) is 54.6 Å². The molecule has 0 spiro atoms. The van der Waals surface area contributed by atoms with Gasteiger partial charge in [0.15, 0.2) is 0 Å². The Kier molecular flexibility index (Phi) is 3.97. The minimum atomic E-state index is -0.339. The maximum Gasteiger partial charge on any atom is 0.211 e. The summed E-state index contributed by atoms with van der Waals surface area (Å²) in [6, 6.07) is 18.5. The lowest BCUT2D eigenvalue weighted by Gasteiger charge is -2.04. The zero-order chi connectivity index (χ0) is 15.4. The molecule has 1 N–H and O–H groups in total. The lowest BCUT2D eigenvalue weighted by Crippen LogP contribution is -1.96. The molecule has 0 radical (unpaired) electrons. The molecule has 1 aromatic rings. The number of rotatable bonds is 4. The lowest BCUT2D eigenvalue weighted by molar-refractivity contribution is -0.105. The minimum absolute atomic E-state index is 0.339. The van der Waals surface area contributed by atoms with Crippen molar-refractivity contribution in [1.82, 2.24) is 0 Å². The number of hydrogen-bond donors (Lipinski definition) is 1. The van der Waals surface area contributed by atoms with E-state index in [4.69, 9.17) is 0 Å². The number of amides is 1. The molecule has 0 aliphatic heterocycles. The van der Waals surface area contributed by atoms with Crippen LogP contribution in [0.15, 0.2) is 60.7 Å². The van der Waals surface area contributed by atoms with Crippen LogP contribution >= 0.6 is 0 Å². The molecule has 0 bridgehead atoms. The highest BCUT2D eigenvalue weighted by atomic mass is 19.1. The number of hydrogen-bond acceptors (Lipinski definition) is 1. The van der Waals surface area contributed by atoms with Crippen molar-refractivity contribution >= 4 is 24.2 Å². The first-order chi connectivity index (χ1) is 10.8. The molecule has 22 heavy (non-hydrogen) atoms. The first-order valence-electron chi connectivity index (χ1n) is 6.93. The zero-order valence-corrected chi connectivity index (χ0v) is 11.8. The van der Waals surface area contributed by atoms with E-state index in [0.29, 0.717) is 17.7 Å². The number of benzene rings is 1. The quantitative estimate of drug-likeness (QED) is 0.695. The zero-order valence-electron chi connectivity index (χ0n) is 11.8. The molecule has 0 fully saturated rings. The number of carbonyl (C=O) groups is 1. The molecule has 3 rings (SSSR count). The summed E-state index contributed by atoms with van der Waals surface area (Å²) in [5.74, 6) is -0.339. The average molecular weight is 291 g/mol. The third-order valence-corrected chi connectivity index (χ3v) is 3.48. The molecular formula is C19H14FNO. The molecule has 0 saturated heterocycles. The normalized spacial score (nSPS) is 11.0. The number of halogens is 1. The van der Waals surface area contributed by atoms with Crippen molar-refractivity contribution in [3.63, 3.8) is 0 Å². The van der Waals surface area contributed by atoms with E-state index in [9.17, 15) is 9.18 Å². The Morgan fingerprint density at radius 2 is 1.59 bits per heavy atom.